The van der Waals surface area contributed by atoms with E-state index in [2.05, 4.69) is 30.4 Å². The van der Waals surface area contributed by atoms with Crippen LogP contribution < -0.4 is 9.47 Å². The molecular weight excluding hydrogens is 348 g/mol. The Morgan fingerprint density at radius 2 is 1.76 bits per heavy atom. The predicted molar refractivity (Wildman–Crippen MR) is 75.4 cm³/mol. The topological polar surface area (TPSA) is 88.9 Å². The van der Waals surface area contributed by atoms with Crippen molar-refractivity contribution in [1.29, 1.82) is 0 Å². The molecule has 0 spiro atoms. The van der Waals surface area contributed by atoms with E-state index in [-0.39, 0.29) is 11.8 Å². The van der Waals surface area contributed by atoms with Gasteiger partial charge in [-0.05, 0) is 29.8 Å². The molecule has 0 aliphatic carbocycles. The molecule has 0 aliphatic heterocycles. The third kappa shape index (κ3) is 4.78. The second-order valence-electron chi connectivity index (χ2n) is 4.00. The molecule has 9 heteroatoms. The SMILES string of the molecule is COC(=O)Oc1nc(Br)n(CC=C(C)C)c1OC(=O)OC. The first-order valence-corrected chi connectivity index (χ1v) is 6.59. The number of imidazole rings is 1. The summed E-state index contributed by atoms with van der Waals surface area (Å²) in [7, 11) is 2.31. The summed E-state index contributed by atoms with van der Waals surface area (Å²) < 4.78 is 20.4. The van der Waals surface area contributed by atoms with Gasteiger partial charge in [0.05, 0.1) is 14.2 Å². The fourth-order valence-corrected chi connectivity index (χ4v) is 1.70. The highest BCUT2D eigenvalue weighted by Crippen LogP contribution is 2.31. The number of halogens is 1. The van der Waals surface area contributed by atoms with Gasteiger partial charge in [-0.1, -0.05) is 11.6 Å². The molecule has 8 nitrogen and oxygen atoms in total. The van der Waals surface area contributed by atoms with Crippen molar-refractivity contribution in [2.24, 2.45) is 0 Å². The van der Waals surface area contributed by atoms with Gasteiger partial charge in [-0.15, -0.1) is 0 Å². The van der Waals surface area contributed by atoms with Crippen molar-refractivity contribution in [3.8, 4) is 11.8 Å². The molecule has 21 heavy (non-hydrogen) atoms. The minimum absolute atomic E-state index is 0.0726. The number of methoxy groups -OCH3 is 2. The second-order valence-corrected chi connectivity index (χ2v) is 4.70. The molecule has 0 saturated heterocycles. The first-order chi connectivity index (χ1) is 9.88. The number of ether oxygens (including phenoxy) is 4. The molecule has 0 amide bonds. The van der Waals surface area contributed by atoms with Crippen LogP contribution in [-0.2, 0) is 16.0 Å². The summed E-state index contributed by atoms with van der Waals surface area (Å²) in [6.07, 6.45) is -0.0713. The summed E-state index contributed by atoms with van der Waals surface area (Å²) in [6, 6.07) is 0. The molecule has 0 fully saturated rings. The lowest BCUT2D eigenvalue weighted by atomic mass is 10.3. The largest absolute Gasteiger partial charge is 0.515 e. The average Bonchev–Trinajstić information content (AvgIpc) is 2.71. The minimum atomic E-state index is -0.982. The van der Waals surface area contributed by atoms with Gasteiger partial charge < -0.3 is 18.9 Å². The summed E-state index contributed by atoms with van der Waals surface area (Å²) >= 11 is 3.20. The van der Waals surface area contributed by atoms with E-state index in [0.717, 1.165) is 19.8 Å². The molecule has 0 unspecified atom stereocenters. The van der Waals surface area contributed by atoms with Crippen molar-refractivity contribution in [1.82, 2.24) is 9.55 Å². The van der Waals surface area contributed by atoms with E-state index < -0.39 is 12.3 Å². The van der Waals surface area contributed by atoms with E-state index in [1.807, 2.05) is 19.9 Å². The quantitative estimate of drug-likeness (QED) is 0.600. The third-order valence-corrected chi connectivity index (χ3v) is 2.83. The summed E-state index contributed by atoms with van der Waals surface area (Å²) in [5.74, 6) is -0.280. The molecule has 0 aliphatic rings. The molecule has 1 aromatic heterocycles. The van der Waals surface area contributed by atoms with Crippen LogP contribution in [0, 0.1) is 0 Å². The number of rotatable bonds is 4. The van der Waals surface area contributed by atoms with Gasteiger partial charge in [0.2, 0.25) is 0 Å². The number of hydrogen-bond donors (Lipinski definition) is 0. The van der Waals surface area contributed by atoms with E-state index in [9.17, 15) is 9.59 Å². The Balaban J connectivity index is 3.17. The molecule has 0 bridgehead atoms. The van der Waals surface area contributed by atoms with Crippen molar-refractivity contribution in [2.45, 2.75) is 20.4 Å². The maximum Gasteiger partial charge on any atom is 0.515 e. The smallest absolute Gasteiger partial charge is 0.437 e. The van der Waals surface area contributed by atoms with Gasteiger partial charge >= 0.3 is 12.3 Å². The van der Waals surface area contributed by atoms with Gasteiger partial charge in [-0.25, -0.2) is 9.59 Å². The Bertz CT molecular complexity index is 562. The Kier molecular flexibility index (Phi) is 6.22. The molecule has 0 radical (unpaired) electrons. The first kappa shape index (κ1) is 17.0. The van der Waals surface area contributed by atoms with E-state index >= 15 is 0 Å². The lowest BCUT2D eigenvalue weighted by Crippen LogP contribution is -2.14. The Morgan fingerprint density at radius 3 is 2.29 bits per heavy atom. The Morgan fingerprint density at radius 1 is 1.19 bits per heavy atom. The third-order valence-electron chi connectivity index (χ3n) is 2.22. The van der Waals surface area contributed by atoms with Gasteiger partial charge in [0, 0.05) is 6.54 Å². The van der Waals surface area contributed by atoms with Crippen LogP contribution in [0.4, 0.5) is 9.59 Å². The van der Waals surface area contributed by atoms with Crippen molar-refractivity contribution < 1.29 is 28.5 Å². The van der Waals surface area contributed by atoms with Crippen LogP contribution in [0.25, 0.3) is 0 Å². The van der Waals surface area contributed by atoms with E-state index in [1.54, 1.807) is 0 Å². The van der Waals surface area contributed by atoms with Crippen molar-refractivity contribution >= 4 is 28.2 Å². The lowest BCUT2D eigenvalue weighted by molar-refractivity contribution is 0.107. The van der Waals surface area contributed by atoms with E-state index in [4.69, 9.17) is 9.47 Å². The summed E-state index contributed by atoms with van der Waals surface area (Å²) in [5.41, 5.74) is 1.05. The zero-order valence-electron chi connectivity index (χ0n) is 12.0. The number of carbonyl (C=O) groups excluding carboxylic acids is 2. The van der Waals surface area contributed by atoms with Crippen LogP contribution >= 0.6 is 15.9 Å². The molecule has 0 atom stereocenters. The highest BCUT2D eigenvalue weighted by Gasteiger charge is 2.24. The molecule has 1 rings (SSSR count). The fraction of sp³-hybridized carbons (Fsp3) is 0.417. The molecule has 116 valence electrons. The predicted octanol–water partition coefficient (Wildman–Crippen LogP) is 2.90. The maximum atomic E-state index is 11.3. The monoisotopic (exact) mass is 362 g/mol. The highest BCUT2D eigenvalue weighted by atomic mass is 79.9. The van der Waals surface area contributed by atoms with Gasteiger partial charge in [0.15, 0.2) is 4.73 Å². The zero-order chi connectivity index (χ0) is 16.0. The Hall–Kier alpha value is -2.03. The van der Waals surface area contributed by atoms with Crippen LogP contribution in [0.5, 0.6) is 11.8 Å². The molecular formula is C12H15BrN2O6. The van der Waals surface area contributed by atoms with Crippen LogP contribution in [0.15, 0.2) is 16.4 Å². The Labute approximate surface area is 129 Å². The van der Waals surface area contributed by atoms with E-state index in [0.29, 0.717) is 11.3 Å². The van der Waals surface area contributed by atoms with Crippen molar-refractivity contribution in [3.05, 3.63) is 16.4 Å². The minimum Gasteiger partial charge on any atom is -0.437 e. The van der Waals surface area contributed by atoms with Gasteiger partial charge in [0.1, 0.15) is 0 Å². The fourth-order valence-electron chi connectivity index (χ4n) is 1.23. The number of hydrogen-bond acceptors (Lipinski definition) is 7. The van der Waals surface area contributed by atoms with Gasteiger partial charge in [0.25, 0.3) is 11.8 Å². The number of allylic oxidation sites excluding steroid dienone is 2. The van der Waals surface area contributed by atoms with E-state index in [1.165, 1.54) is 4.57 Å². The molecule has 1 aromatic rings. The summed E-state index contributed by atoms with van der Waals surface area (Å²) in [5, 5.41) is 0. The molecule has 0 N–H and O–H groups in total. The first-order valence-electron chi connectivity index (χ1n) is 5.80. The number of nitrogens with zero attached hydrogens (tertiary/aromatic N) is 2. The number of carbonyl (C=O) groups is 2. The van der Waals surface area contributed by atoms with Crippen LogP contribution in [0.2, 0.25) is 0 Å². The maximum absolute atomic E-state index is 11.3. The summed E-state index contributed by atoms with van der Waals surface area (Å²) in [4.78, 5) is 26.4. The van der Waals surface area contributed by atoms with Crippen molar-refractivity contribution in [2.75, 3.05) is 14.2 Å². The number of aromatic nitrogens is 2. The molecule has 0 saturated carbocycles. The highest BCUT2D eigenvalue weighted by molar-refractivity contribution is 9.10. The molecule has 0 aromatic carbocycles. The standard InChI is InChI=1S/C12H15BrN2O6/c1-7(2)5-6-15-9(21-12(17)19-4)8(14-10(15)13)20-11(16)18-3/h5H,6H2,1-4H3. The normalized spacial score (nSPS) is 9.76. The van der Waals surface area contributed by atoms with Crippen LogP contribution in [0.1, 0.15) is 13.8 Å². The average molecular weight is 363 g/mol. The van der Waals surface area contributed by atoms with Gasteiger partial charge in [-0.2, -0.15) is 4.98 Å². The zero-order valence-corrected chi connectivity index (χ0v) is 13.6. The van der Waals surface area contributed by atoms with Crippen LogP contribution in [0.3, 0.4) is 0 Å². The van der Waals surface area contributed by atoms with Crippen LogP contribution in [-0.4, -0.2) is 36.1 Å². The molecule has 1 heterocycles. The van der Waals surface area contributed by atoms with Crippen molar-refractivity contribution in [3.63, 3.8) is 0 Å². The summed E-state index contributed by atoms with van der Waals surface area (Å²) in [6.45, 7) is 4.18. The van der Waals surface area contributed by atoms with Gasteiger partial charge in [-0.3, -0.25) is 4.57 Å². The lowest BCUT2D eigenvalue weighted by Gasteiger charge is -2.08. The second kappa shape index (κ2) is 7.67.